The van der Waals surface area contributed by atoms with Gasteiger partial charge < -0.3 is 13.9 Å². The standard InChI is InChI=1S/C24H25NO5S/c1-5-29-23(27)19-20-16(4)12-15(3)13-25(20)21(24(28)30-6-2)22(19)31-14-18(26)17-10-8-7-9-11-17/h7-13H,5-6,14H2,1-4H3. The molecular formula is C24H25NO5S. The minimum Gasteiger partial charge on any atom is -0.462 e. The summed E-state index contributed by atoms with van der Waals surface area (Å²) in [6, 6.07) is 10.9. The van der Waals surface area contributed by atoms with Crippen LogP contribution in [0.25, 0.3) is 5.52 Å². The number of carbonyl (C=O) groups excluding carboxylic acids is 3. The van der Waals surface area contributed by atoms with Gasteiger partial charge in [0.25, 0.3) is 0 Å². The van der Waals surface area contributed by atoms with Crippen molar-refractivity contribution in [1.82, 2.24) is 4.40 Å². The second kappa shape index (κ2) is 9.83. The van der Waals surface area contributed by atoms with Gasteiger partial charge in [0.05, 0.1) is 34.9 Å². The zero-order valence-electron chi connectivity index (χ0n) is 18.1. The summed E-state index contributed by atoms with van der Waals surface area (Å²) < 4.78 is 12.3. The molecule has 0 radical (unpaired) electrons. The zero-order valence-corrected chi connectivity index (χ0v) is 18.9. The number of benzene rings is 1. The second-order valence-corrected chi connectivity index (χ2v) is 7.98. The minimum atomic E-state index is -0.548. The van der Waals surface area contributed by atoms with Crippen LogP contribution in [0.5, 0.6) is 0 Å². The van der Waals surface area contributed by atoms with Gasteiger partial charge in [-0.05, 0) is 38.8 Å². The molecular weight excluding hydrogens is 414 g/mol. The highest BCUT2D eigenvalue weighted by Crippen LogP contribution is 2.36. The SMILES string of the molecule is CCOC(=O)c1c(SCC(=O)c2ccccc2)c(C(=O)OCC)n2cc(C)cc(C)c12. The summed E-state index contributed by atoms with van der Waals surface area (Å²) in [4.78, 5) is 39.0. The number of hydrogen-bond acceptors (Lipinski definition) is 6. The smallest absolute Gasteiger partial charge is 0.356 e. The number of hydrogen-bond donors (Lipinski definition) is 0. The first-order chi connectivity index (χ1) is 14.9. The number of ketones is 1. The van der Waals surface area contributed by atoms with Crippen molar-refractivity contribution in [1.29, 1.82) is 0 Å². The number of nitrogens with zero attached hydrogens (tertiary/aromatic N) is 1. The van der Waals surface area contributed by atoms with Gasteiger partial charge in [0.1, 0.15) is 5.69 Å². The van der Waals surface area contributed by atoms with Gasteiger partial charge >= 0.3 is 11.9 Å². The number of rotatable bonds is 8. The number of fused-ring (bicyclic) bond motifs is 1. The molecule has 0 unspecified atom stereocenters. The molecule has 0 saturated heterocycles. The molecule has 0 fully saturated rings. The predicted octanol–water partition coefficient (Wildman–Crippen LogP) is 4.88. The summed E-state index contributed by atoms with van der Waals surface area (Å²) in [6.45, 7) is 7.63. The molecule has 3 aromatic rings. The third-order valence-electron chi connectivity index (χ3n) is 4.70. The van der Waals surface area contributed by atoms with Crippen molar-refractivity contribution in [3.05, 3.63) is 70.5 Å². The molecule has 0 bridgehead atoms. The first-order valence-electron chi connectivity index (χ1n) is 10.1. The zero-order chi connectivity index (χ0) is 22.5. The van der Waals surface area contributed by atoms with E-state index in [1.165, 1.54) is 0 Å². The lowest BCUT2D eigenvalue weighted by atomic mass is 10.1. The van der Waals surface area contributed by atoms with Crippen LogP contribution in [0.15, 0.2) is 47.5 Å². The summed E-state index contributed by atoms with van der Waals surface area (Å²) >= 11 is 1.15. The molecule has 31 heavy (non-hydrogen) atoms. The van der Waals surface area contributed by atoms with Gasteiger partial charge in [-0.25, -0.2) is 9.59 Å². The van der Waals surface area contributed by atoms with E-state index in [9.17, 15) is 14.4 Å². The number of aromatic nitrogens is 1. The quantitative estimate of drug-likeness (QED) is 0.283. The van der Waals surface area contributed by atoms with Crippen LogP contribution in [0.2, 0.25) is 0 Å². The number of carbonyl (C=O) groups is 3. The number of Topliss-reactive ketones (excluding diaryl/α,β-unsaturated/α-hetero) is 1. The summed E-state index contributed by atoms with van der Waals surface area (Å²) in [5, 5.41) is 0. The molecule has 0 amide bonds. The van der Waals surface area contributed by atoms with Crippen LogP contribution < -0.4 is 0 Å². The van der Waals surface area contributed by atoms with Gasteiger partial charge in [-0.1, -0.05) is 36.4 Å². The second-order valence-electron chi connectivity index (χ2n) is 6.99. The maximum Gasteiger partial charge on any atom is 0.356 e. The molecule has 2 aromatic heterocycles. The van der Waals surface area contributed by atoms with Crippen molar-refractivity contribution < 1.29 is 23.9 Å². The Hall–Kier alpha value is -3.06. The van der Waals surface area contributed by atoms with Crippen molar-refractivity contribution in [2.75, 3.05) is 19.0 Å². The molecule has 0 aliphatic heterocycles. The van der Waals surface area contributed by atoms with Crippen LogP contribution in [-0.2, 0) is 9.47 Å². The van der Waals surface area contributed by atoms with Crippen molar-refractivity contribution in [3.63, 3.8) is 0 Å². The lowest BCUT2D eigenvalue weighted by molar-refractivity contribution is 0.0514. The van der Waals surface area contributed by atoms with Crippen LogP contribution in [-0.4, -0.2) is 41.1 Å². The molecule has 0 spiro atoms. The lowest BCUT2D eigenvalue weighted by Crippen LogP contribution is -2.11. The van der Waals surface area contributed by atoms with Gasteiger partial charge in [-0.15, -0.1) is 11.8 Å². The number of pyridine rings is 1. The predicted molar refractivity (Wildman–Crippen MR) is 120 cm³/mol. The number of thioether (sulfide) groups is 1. The van der Waals surface area contributed by atoms with Crippen molar-refractivity contribution >= 4 is 35.0 Å². The third kappa shape index (κ3) is 4.66. The Morgan fingerprint density at radius 2 is 1.61 bits per heavy atom. The number of ether oxygens (including phenoxy) is 2. The molecule has 0 atom stereocenters. The van der Waals surface area contributed by atoms with Crippen molar-refractivity contribution in [3.8, 4) is 0 Å². The molecule has 7 heteroatoms. The van der Waals surface area contributed by atoms with Crippen LogP contribution >= 0.6 is 11.8 Å². The van der Waals surface area contributed by atoms with Crippen LogP contribution in [0.4, 0.5) is 0 Å². The van der Waals surface area contributed by atoms with Gasteiger partial charge in [0, 0.05) is 11.8 Å². The molecule has 3 rings (SSSR count). The maximum atomic E-state index is 12.9. The molecule has 1 aromatic carbocycles. The first kappa shape index (κ1) is 22.6. The van der Waals surface area contributed by atoms with Crippen molar-refractivity contribution in [2.24, 2.45) is 0 Å². The number of esters is 2. The van der Waals surface area contributed by atoms with E-state index in [0.29, 0.717) is 16.0 Å². The Kier molecular flexibility index (Phi) is 7.17. The topological polar surface area (TPSA) is 74.1 Å². The average molecular weight is 440 g/mol. The summed E-state index contributed by atoms with van der Waals surface area (Å²) in [6.07, 6.45) is 1.79. The Morgan fingerprint density at radius 3 is 2.26 bits per heavy atom. The summed E-state index contributed by atoms with van der Waals surface area (Å²) in [7, 11) is 0. The summed E-state index contributed by atoms with van der Waals surface area (Å²) in [5.41, 5.74) is 3.43. The van der Waals surface area contributed by atoms with Gasteiger partial charge in [0.2, 0.25) is 0 Å². The van der Waals surface area contributed by atoms with E-state index < -0.39 is 11.9 Å². The summed E-state index contributed by atoms with van der Waals surface area (Å²) in [5.74, 6) is -1.11. The van der Waals surface area contributed by atoms with E-state index in [1.807, 2.05) is 26.0 Å². The normalized spacial score (nSPS) is 10.8. The van der Waals surface area contributed by atoms with E-state index in [4.69, 9.17) is 9.47 Å². The maximum absolute atomic E-state index is 12.9. The molecule has 2 heterocycles. The lowest BCUT2D eigenvalue weighted by Gasteiger charge is -2.07. The average Bonchev–Trinajstić information content (AvgIpc) is 3.07. The molecule has 0 aliphatic carbocycles. The molecule has 162 valence electrons. The monoisotopic (exact) mass is 439 g/mol. The van der Waals surface area contributed by atoms with E-state index in [-0.39, 0.29) is 36.0 Å². The molecule has 0 N–H and O–H groups in total. The Bertz CT molecular complexity index is 1130. The fourth-order valence-corrected chi connectivity index (χ4v) is 4.59. The third-order valence-corrected chi connectivity index (χ3v) is 5.80. The number of aryl methyl sites for hydroxylation is 2. The fourth-order valence-electron chi connectivity index (χ4n) is 3.50. The first-order valence-corrected chi connectivity index (χ1v) is 11.1. The van der Waals surface area contributed by atoms with Crippen LogP contribution in [0.1, 0.15) is 56.2 Å². The highest BCUT2D eigenvalue weighted by Gasteiger charge is 2.30. The van der Waals surface area contributed by atoms with E-state index >= 15 is 0 Å². The highest BCUT2D eigenvalue weighted by atomic mass is 32.2. The largest absolute Gasteiger partial charge is 0.462 e. The van der Waals surface area contributed by atoms with Gasteiger partial charge in [0.15, 0.2) is 5.78 Å². The molecule has 6 nitrogen and oxygen atoms in total. The fraction of sp³-hybridized carbons (Fsp3) is 0.292. The van der Waals surface area contributed by atoms with Gasteiger partial charge in [-0.3, -0.25) is 4.79 Å². The van der Waals surface area contributed by atoms with Crippen molar-refractivity contribution in [2.45, 2.75) is 32.6 Å². The van der Waals surface area contributed by atoms with Gasteiger partial charge in [-0.2, -0.15) is 0 Å². The molecule has 0 saturated carbocycles. The van der Waals surface area contributed by atoms with Crippen LogP contribution in [0.3, 0.4) is 0 Å². The van der Waals surface area contributed by atoms with E-state index in [0.717, 1.165) is 22.9 Å². The Morgan fingerprint density at radius 1 is 0.968 bits per heavy atom. The van der Waals surface area contributed by atoms with Crippen LogP contribution in [0, 0.1) is 13.8 Å². The van der Waals surface area contributed by atoms with E-state index in [2.05, 4.69) is 0 Å². The Labute approximate surface area is 185 Å². The highest BCUT2D eigenvalue weighted by molar-refractivity contribution is 8.00. The van der Waals surface area contributed by atoms with E-state index in [1.54, 1.807) is 48.7 Å². The molecule has 0 aliphatic rings. The minimum absolute atomic E-state index is 0.0672. The Balaban J connectivity index is 2.18.